The summed E-state index contributed by atoms with van der Waals surface area (Å²) in [6, 6.07) is 38.9. The molecule has 5 aromatic carbocycles. The van der Waals surface area contributed by atoms with Crippen LogP contribution in [0, 0.1) is 0 Å². The minimum atomic E-state index is -0.581. The first-order valence-electron chi connectivity index (χ1n) is 18.3. The number of amides is 3. The monoisotopic (exact) mass is 758 g/mol. The Kier molecular flexibility index (Phi) is 13.7. The van der Waals surface area contributed by atoms with Crippen LogP contribution in [-0.4, -0.2) is 34.7 Å². The Morgan fingerprint density at radius 1 is 0.764 bits per heavy atom. The van der Waals surface area contributed by atoms with Crippen molar-refractivity contribution in [2.24, 2.45) is 0 Å². The standard InChI is InChI=1S/C44H46N4O6S/c1-29(50)47-36-20-22-38(23-21-36)55-28-37-25-41(33-14-12-30(27-49)13-15-33)54-44(53-37)34-18-16-32(17-19-34)35-7-4-6-31(24-35)26-46-42(51)10-5-11-43(52)48-40-9-3-2-8-39(40)45/h2-4,6-9,12-24,37,41,44,49H,5,10-11,25-28,45H2,1H3,(H,46,51)(H,47,50)(H,48,52)/t37-,41+,44+/m1/s1. The van der Waals surface area contributed by atoms with E-state index in [1.165, 1.54) is 6.92 Å². The van der Waals surface area contributed by atoms with Gasteiger partial charge in [0.15, 0.2) is 6.29 Å². The van der Waals surface area contributed by atoms with E-state index in [-0.39, 0.29) is 49.4 Å². The highest BCUT2D eigenvalue weighted by atomic mass is 32.2. The molecule has 1 aliphatic rings. The first-order valence-corrected chi connectivity index (χ1v) is 19.3. The maximum atomic E-state index is 12.6. The number of anilines is 3. The van der Waals surface area contributed by atoms with E-state index in [1.807, 2.05) is 91.0 Å². The van der Waals surface area contributed by atoms with E-state index in [4.69, 9.17) is 15.2 Å². The zero-order valence-electron chi connectivity index (χ0n) is 30.7. The first-order chi connectivity index (χ1) is 26.7. The van der Waals surface area contributed by atoms with Gasteiger partial charge in [0.25, 0.3) is 0 Å². The van der Waals surface area contributed by atoms with Gasteiger partial charge in [0.2, 0.25) is 17.7 Å². The summed E-state index contributed by atoms with van der Waals surface area (Å²) >= 11 is 1.69. The molecule has 5 aromatic rings. The number of hydrogen-bond acceptors (Lipinski definition) is 8. The number of carbonyl (C=O) groups is 3. The summed E-state index contributed by atoms with van der Waals surface area (Å²) in [5, 5.41) is 18.1. The number of rotatable bonds is 15. The minimum absolute atomic E-state index is 0.0184. The van der Waals surface area contributed by atoms with Gasteiger partial charge in [-0.3, -0.25) is 14.4 Å². The molecule has 6 N–H and O–H groups in total. The smallest absolute Gasteiger partial charge is 0.224 e. The molecule has 284 valence electrons. The maximum Gasteiger partial charge on any atom is 0.224 e. The van der Waals surface area contributed by atoms with E-state index in [1.54, 1.807) is 36.0 Å². The summed E-state index contributed by atoms with van der Waals surface area (Å²) in [6.07, 6.45) is 0.685. The third-order valence-corrected chi connectivity index (χ3v) is 10.3. The number of nitrogens with one attached hydrogen (secondary N) is 3. The Morgan fingerprint density at radius 3 is 2.22 bits per heavy atom. The molecule has 0 saturated carbocycles. The number of aliphatic hydroxyl groups is 1. The zero-order valence-corrected chi connectivity index (χ0v) is 31.5. The summed E-state index contributed by atoms with van der Waals surface area (Å²) in [5.74, 6) is 0.311. The molecule has 0 spiro atoms. The number of aliphatic hydroxyl groups excluding tert-OH is 1. The molecule has 0 radical (unpaired) electrons. The molecule has 3 atom stereocenters. The Morgan fingerprint density at radius 2 is 1.49 bits per heavy atom. The maximum absolute atomic E-state index is 12.6. The summed E-state index contributed by atoms with van der Waals surface area (Å²) in [5.41, 5.74) is 13.5. The van der Waals surface area contributed by atoms with E-state index < -0.39 is 6.29 Å². The third-order valence-electron chi connectivity index (χ3n) is 9.20. The van der Waals surface area contributed by atoms with Crippen molar-refractivity contribution < 1.29 is 29.0 Å². The van der Waals surface area contributed by atoms with Crippen molar-refractivity contribution >= 4 is 46.5 Å². The fourth-order valence-corrected chi connectivity index (χ4v) is 7.19. The highest BCUT2D eigenvalue weighted by Gasteiger charge is 2.32. The van der Waals surface area contributed by atoms with Crippen LogP contribution in [0.15, 0.2) is 126 Å². The zero-order chi connectivity index (χ0) is 38.6. The summed E-state index contributed by atoms with van der Waals surface area (Å²) in [4.78, 5) is 37.3. The number of nitrogens with two attached hydrogens (primary N) is 1. The van der Waals surface area contributed by atoms with Gasteiger partial charge in [0, 0.05) is 54.6 Å². The van der Waals surface area contributed by atoms with Gasteiger partial charge in [-0.2, -0.15) is 0 Å². The van der Waals surface area contributed by atoms with Crippen LogP contribution >= 0.6 is 11.8 Å². The average molecular weight is 759 g/mol. The summed E-state index contributed by atoms with van der Waals surface area (Å²) < 4.78 is 13.1. The highest BCUT2D eigenvalue weighted by Crippen LogP contribution is 2.40. The fraction of sp³-hybridized carbons (Fsp3) is 0.250. The fourth-order valence-electron chi connectivity index (χ4n) is 6.27. The van der Waals surface area contributed by atoms with E-state index in [2.05, 4.69) is 22.0 Å². The van der Waals surface area contributed by atoms with Gasteiger partial charge in [-0.25, -0.2) is 0 Å². The number of nitrogen functional groups attached to an aromatic ring is 1. The summed E-state index contributed by atoms with van der Waals surface area (Å²) in [7, 11) is 0. The van der Waals surface area contributed by atoms with Crippen LogP contribution in [0.2, 0.25) is 0 Å². The molecule has 6 rings (SSSR count). The normalized spacial score (nSPS) is 16.6. The Labute approximate surface area is 325 Å². The lowest BCUT2D eigenvalue weighted by atomic mass is 9.99. The molecule has 0 unspecified atom stereocenters. The quantitative estimate of drug-likeness (QED) is 0.0530. The van der Waals surface area contributed by atoms with Gasteiger partial charge in [-0.1, -0.05) is 78.9 Å². The van der Waals surface area contributed by atoms with Gasteiger partial charge in [0.1, 0.15) is 0 Å². The second kappa shape index (κ2) is 19.2. The van der Waals surface area contributed by atoms with Gasteiger partial charge < -0.3 is 36.3 Å². The second-order valence-electron chi connectivity index (χ2n) is 13.5. The molecule has 1 aliphatic heterocycles. The number of para-hydroxylation sites is 2. The predicted molar refractivity (Wildman–Crippen MR) is 217 cm³/mol. The van der Waals surface area contributed by atoms with Crippen LogP contribution in [0.5, 0.6) is 0 Å². The number of carbonyl (C=O) groups excluding carboxylic acids is 3. The largest absolute Gasteiger partial charge is 0.397 e. The molecule has 0 bridgehead atoms. The van der Waals surface area contributed by atoms with Crippen molar-refractivity contribution in [1.82, 2.24) is 5.32 Å². The molecular formula is C44H46N4O6S. The minimum Gasteiger partial charge on any atom is -0.397 e. The molecule has 0 aliphatic carbocycles. The molecule has 0 aromatic heterocycles. The number of ether oxygens (including phenoxy) is 2. The topological polar surface area (TPSA) is 152 Å². The molecule has 11 heteroatoms. The average Bonchev–Trinajstić information content (AvgIpc) is 3.20. The van der Waals surface area contributed by atoms with Crippen LogP contribution < -0.4 is 21.7 Å². The van der Waals surface area contributed by atoms with Gasteiger partial charge >= 0.3 is 0 Å². The highest BCUT2D eigenvalue weighted by molar-refractivity contribution is 7.99. The van der Waals surface area contributed by atoms with Crippen LogP contribution in [0.3, 0.4) is 0 Å². The molecular weight excluding hydrogens is 713 g/mol. The van der Waals surface area contributed by atoms with Crippen molar-refractivity contribution in [3.8, 4) is 11.1 Å². The summed E-state index contributed by atoms with van der Waals surface area (Å²) in [6.45, 7) is 1.85. The molecule has 1 fully saturated rings. The van der Waals surface area contributed by atoms with Crippen molar-refractivity contribution in [1.29, 1.82) is 0 Å². The number of thioether (sulfide) groups is 1. The van der Waals surface area contributed by atoms with E-state index >= 15 is 0 Å². The Bertz CT molecular complexity index is 2060. The molecule has 10 nitrogen and oxygen atoms in total. The van der Waals surface area contributed by atoms with Crippen LogP contribution in [0.4, 0.5) is 17.1 Å². The first kappa shape index (κ1) is 39.2. The molecule has 1 saturated heterocycles. The van der Waals surface area contributed by atoms with Crippen LogP contribution in [0.25, 0.3) is 11.1 Å². The molecule has 3 amide bonds. The van der Waals surface area contributed by atoms with Crippen LogP contribution in [0.1, 0.15) is 67.3 Å². The predicted octanol–water partition coefficient (Wildman–Crippen LogP) is 8.15. The van der Waals surface area contributed by atoms with Crippen molar-refractivity contribution in [3.05, 3.63) is 144 Å². The van der Waals surface area contributed by atoms with Gasteiger partial charge in [-0.15, -0.1) is 11.8 Å². The number of hydrogen-bond donors (Lipinski definition) is 5. The van der Waals surface area contributed by atoms with Crippen molar-refractivity contribution in [2.45, 2.75) is 69.2 Å². The third kappa shape index (κ3) is 11.5. The van der Waals surface area contributed by atoms with Crippen molar-refractivity contribution in [3.63, 3.8) is 0 Å². The van der Waals surface area contributed by atoms with E-state index in [0.29, 0.717) is 36.5 Å². The van der Waals surface area contributed by atoms with Gasteiger partial charge in [0.05, 0.1) is 30.2 Å². The van der Waals surface area contributed by atoms with Crippen molar-refractivity contribution in [2.75, 3.05) is 22.1 Å². The molecule has 1 heterocycles. The Hall–Kier alpha value is -5.46. The lowest BCUT2D eigenvalue weighted by Gasteiger charge is -2.36. The SMILES string of the molecule is CC(=O)Nc1ccc(SC[C@H]2C[C@@H](c3ccc(CO)cc3)O[C@@H](c3ccc(-c4cccc(CNC(=O)CCCC(=O)Nc5ccccc5N)c4)cc3)O2)cc1. The van der Waals surface area contributed by atoms with Crippen LogP contribution in [-0.2, 0) is 37.0 Å². The molecule has 55 heavy (non-hydrogen) atoms. The Balaban J connectivity index is 1.05. The van der Waals surface area contributed by atoms with E-state index in [9.17, 15) is 19.5 Å². The van der Waals surface area contributed by atoms with E-state index in [0.717, 1.165) is 44.0 Å². The lowest BCUT2D eigenvalue weighted by Crippen LogP contribution is -2.31. The van der Waals surface area contributed by atoms with Gasteiger partial charge in [-0.05, 0) is 76.7 Å². The lowest BCUT2D eigenvalue weighted by molar-refractivity contribution is -0.245. The number of benzene rings is 5. The second-order valence-corrected chi connectivity index (χ2v) is 14.5.